The van der Waals surface area contributed by atoms with Crippen LogP contribution in [-0.4, -0.2) is 45.4 Å². The minimum Gasteiger partial charge on any atom is -0.389 e. The van der Waals surface area contributed by atoms with Gasteiger partial charge in [-0.25, -0.2) is 4.98 Å². The summed E-state index contributed by atoms with van der Waals surface area (Å²) in [5.41, 5.74) is 2.40. The predicted molar refractivity (Wildman–Crippen MR) is 122 cm³/mol. The van der Waals surface area contributed by atoms with E-state index in [1.807, 2.05) is 48.7 Å². The van der Waals surface area contributed by atoms with Crippen molar-refractivity contribution in [1.82, 2.24) is 9.55 Å². The van der Waals surface area contributed by atoms with Gasteiger partial charge in [-0.2, -0.15) is 0 Å². The predicted octanol–water partition coefficient (Wildman–Crippen LogP) is 2.71. The number of rotatable bonds is 4. The zero-order chi connectivity index (χ0) is 22.2. The number of hydrogen-bond acceptors (Lipinski definition) is 6. The number of thioether (sulfide) groups is 1. The van der Waals surface area contributed by atoms with Crippen LogP contribution in [0.3, 0.4) is 0 Å². The lowest BCUT2D eigenvalue weighted by Crippen LogP contribution is -2.39. The first kappa shape index (κ1) is 20.9. The number of aromatic nitrogens is 3. The van der Waals surface area contributed by atoms with Crippen molar-refractivity contribution < 1.29 is 19.8 Å². The number of ether oxygens (including phenoxy) is 1. The van der Waals surface area contributed by atoms with Gasteiger partial charge in [0.05, 0.1) is 36.0 Å². The van der Waals surface area contributed by atoms with Crippen molar-refractivity contribution in [2.45, 2.75) is 30.0 Å². The molecule has 0 saturated carbocycles. The summed E-state index contributed by atoms with van der Waals surface area (Å²) in [6.45, 7) is 0.716. The molecular weight excluding hydrogens is 426 g/mol. The maximum absolute atomic E-state index is 13.5. The molecule has 1 saturated heterocycles. The van der Waals surface area contributed by atoms with Gasteiger partial charge >= 0.3 is 0 Å². The second-order valence-corrected chi connectivity index (χ2v) is 8.86. The van der Waals surface area contributed by atoms with Crippen LogP contribution in [0.5, 0.6) is 0 Å². The fourth-order valence-corrected chi connectivity index (χ4v) is 4.92. The second-order valence-electron chi connectivity index (χ2n) is 8.03. The van der Waals surface area contributed by atoms with Gasteiger partial charge in [-0.1, -0.05) is 36.0 Å². The maximum Gasteiger partial charge on any atom is 0.290 e. The van der Waals surface area contributed by atoms with Crippen molar-refractivity contribution in [3.05, 3.63) is 76.5 Å². The molecule has 7 nitrogen and oxygen atoms in total. The smallest absolute Gasteiger partial charge is 0.290 e. The zero-order valence-electron chi connectivity index (χ0n) is 17.6. The first-order chi connectivity index (χ1) is 15.6. The van der Waals surface area contributed by atoms with Gasteiger partial charge < -0.3 is 9.84 Å². The number of fused-ring (bicyclic) bond motifs is 3. The second kappa shape index (κ2) is 8.54. The molecule has 0 bridgehead atoms. The lowest BCUT2D eigenvalue weighted by atomic mass is 9.96. The van der Waals surface area contributed by atoms with Crippen LogP contribution in [0.25, 0.3) is 21.7 Å². The van der Waals surface area contributed by atoms with Gasteiger partial charge in [0.1, 0.15) is 0 Å². The van der Waals surface area contributed by atoms with Crippen molar-refractivity contribution >= 4 is 33.4 Å². The van der Waals surface area contributed by atoms with Crippen LogP contribution in [-0.2, 0) is 11.2 Å². The van der Waals surface area contributed by atoms with Crippen molar-refractivity contribution in [3.63, 3.8) is 0 Å². The first-order valence-corrected chi connectivity index (χ1v) is 11.7. The maximum atomic E-state index is 13.5. The summed E-state index contributed by atoms with van der Waals surface area (Å²) in [6.07, 6.45) is 5.53. The minimum atomic E-state index is -0.740. The number of pyridine rings is 1. The molecule has 0 radical (unpaired) electrons. The topological polar surface area (TPSA) is 88.5 Å². The van der Waals surface area contributed by atoms with E-state index in [-0.39, 0.29) is 18.2 Å². The Bertz CT molecular complexity index is 1370. The van der Waals surface area contributed by atoms with E-state index in [9.17, 15) is 15.1 Å². The Morgan fingerprint density at radius 3 is 2.78 bits per heavy atom. The lowest BCUT2D eigenvalue weighted by Gasteiger charge is -2.29. The van der Waals surface area contributed by atoms with E-state index >= 15 is 0 Å². The van der Waals surface area contributed by atoms with Gasteiger partial charge in [0.15, 0.2) is 0 Å². The molecule has 3 heterocycles. The fourth-order valence-electron chi connectivity index (χ4n) is 4.47. The highest BCUT2D eigenvalue weighted by Crippen LogP contribution is 2.28. The van der Waals surface area contributed by atoms with E-state index in [1.54, 1.807) is 17.1 Å². The van der Waals surface area contributed by atoms with Crippen LogP contribution in [0.4, 0.5) is 0 Å². The molecule has 2 aromatic carbocycles. The minimum absolute atomic E-state index is 0.164. The van der Waals surface area contributed by atoms with Crippen molar-refractivity contribution in [3.8, 4) is 0 Å². The van der Waals surface area contributed by atoms with Crippen molar-refractivity contribution in [2.75, 3.05) is 19.5 Å². The highest BCUT2D eigenvalue weighted by atomic mass is 32.2. The monoisotopic (exact) mass is 450 g/mol. The van der Waals surface area contributed by atoms with E-state index in [0.717, 1.165) is 31.7 Å². The molecule has 0 unspecified atom stereocenters. The number of aliphatic hydroxyl groups is 1. The Morgan fingerprint density at radius 1 is 1.22 bits per heavy atom. The normalized spacial score (nSPS) is 18.9. The van der Waals surface area contributed by atoms with E-state index in [4.69, 9.17) is 4.74 Å². The third kappa shape index (κ3) is 3.64. The van der Waals surface area contributed by atoms with E-state index < -0.39 is 6.10 Å². The average Bonchev–Trinajstić information content (AvgIpc) is 2.81. The molecule has 1 aliphatic heterocycles. The van der Waals surface area contributed by atoms with Crippen molar-refractivity contribution in [2.24, 2.45) is 0 Å². The zero-order valence-corrected chi connectivity index (χ0v) is 18.5. The Kier molecular flexibility index (Phi) is 5.58. The molecule has 8 heteroatoms. The molecular formula is C24H24N3O4S+. The summed E-state index contributed by atoms with van der Waals surface area (Å²) in [5.74, 6) is 0. The molecule has 2 N–H and O–H groups in total. The van der Waals surface area contributed by atoms with Crippen LogP contribution in [0, 0.1) is 0 Å². The highest BCUT2D eigenvalue weighted by molar-refractivity contribution is 7.98. The number of nitrogens with zero attached hydrogens (tertiary/aromatic N) is 3. The van der Waals surface area contributed by atoms with E-state index in [2.05, 4.69) is 4.98 Å². The molecule has 32 heavy (non-hydrogen) atoms. The molecule has 5 rings (SSSR count). The Labute approximate surface area is 188 Å². The van der Waals surface area contributed by atoms with E-state index in [0.29, 0.717) is 30.4 Å². The van der Waals surface area contributed by atoms with Gasteiger partial charge in [-0.3, -0.25) is 14.6 Å². The van der Waals surface area contributed by atoms with Crippen LogP contribution in [0.2, 0.25) is 0 Å². The number of aliphatic hydroxyl groups excluding tert-OH is 1. The van der Waals surface area contributed by atoms with Crippen LogP contribution in [0.1, 0.15) is 23.6 Å². The standard InChI is InChI=1S/C24H24N3O4S/c1-32-22-7-6-15(12-27(22)30)10-16-11-19-23(18-5-3-2-4-17(16)18)25-14-26(24(19)29)20-8-9-31-13-21(20)28/h2-7,11-12,14,20-21,28,30H,8-10,13H2,1H3/q+1/t20-,21-/m0/s1. The SMILES string of the molecule is CSc1ccc(Cc2cc3c(=O)n([C@H]4CCOC[C@@H]4O)cnc3c3ccccc23)c[n+]1O. The molecule has 1 fully saturated rings. The first-order valence-electron chi connectivity index (χ1n) is 10.5. The number of hydrogen-bond donors (Lipinski definition) is 2. The molecule has 0 amide bonds. The van der Waals surface area contributed by atoms with Crippen LogP contribution >= 0.6 is 11.8 Å². The molecule has 2 aromatic heterocycles. The molecule has 0 aliphatic carbocycles. The summed E-state index contributed by atoms with van der Waals surface area (Å²) >= 11 is 1.46. The summed E-state index contributed by atoms with van der Waals surface area (Å²) < 4.78 is 7.99. The highest BCUT2D eigenvalue weighted by Gasteiger charge is 2.27. The third-order valence-corrected chi connectivity index (χ3v) is 6.83. The Balaban J connectivity index is 1.67. The third-order valence-electron chi connectivity index (χ3n) is 6.08. The molecule has 2 atom stereocenters. The summed E-state index contributed by atoms with van der Waals surface area (Å²) in [6, 6.07) is 13.3. The summed E-state index contributed by atoms with van der Waals surface area (Å²) in [4.78, 5) is 18.1. The van der Waals surface area contributed by atoms with Crippen LogP contribution < -0.4 is 10.3 Å². The van der Waals surface area contributed by atoms with Gasteiger partial charge in [-0.05, 0) is 35.8 Å². The summed E-state index contributed by atoms with van der Waals surface area (Å²) in [7, 11) is 0. The van der Waals surface area contributed by atoms with Gasteiger partial charge in [0.2, 0.25) is 6.20 Å². The lowest BCUT2D eigenvalue weighted by molar-refractivity contribution is -0.932. The average molecular weight is 451 g/mol. The number of benzene rings is 2. The Hall–Kier alpha value is -2.94. The van der Waals surface area contributed by atoms with Crippen LogP contribution in [0.15, 0.2) is 64.8 Å². The van der Waals surface area contributed by atoms with E-state index in [1.165, 1.54) is 11.8 Å². The fraction of sp³-hybridized carbons (Fsp3) is 0.292. The van der Waals surface area contributed by atoms with Crippen molar-refractivity contribution in [1.29, 1.82) is 0 Å². The van der Waals surface area contributed by atoms with Gasteiger partial charge in [0.25, 0.3) is 10.6 Å². The molecule has 4 aromatic rings. The quantitative estimate of drug-likeness (QED) is 0.215. The summed E-state index contributed by atoms with van der Waals surface area (Å²) in [5, 5.41) is 23.8. The molecule has 0 spiro atoms. The van der Waals surface area contributed by atoms with Gasteiger partial charge in [-0.15, -0.1) is 0 Å². The largest absolute Gasteiger partial charge is 0.389 e. The van der Waals surface area contributed by atoms with Gasteiger partial charge in [0, 0.05) is 34.8 Å². The molecule has 164 valence electrons. The molecule has 1 aliphatic rings. The Morgan fingerprint density at radius 2 is 2.03 bits per heavy atom.